The summed E-state index contributed by atoms with van der Waals surface area (Å²) in [6, 6.07) is 15.5. The highest BCUT2D eigenvalue weighted by atomic mass is 16.5. The standard InChI is InChI=1S/C20H20N2O3/c23-19(22-25)12-11-15-6-3-4-8-18(15)21-20(24)17-10-9-14-5-1-2-7-16(14)13-17/h1-8,11-12,17,25H,9-10,13H2,(H,21,24)(H,22,23). The van der Waals surface area contributed by atoms with Gasteiger partial charge in [-0.25, -0.2) is 5.48 Å². The van der Waals surface area contributed by atoms with E-state index in [9.17, 15) is 9.59 Å². The molecule has 5 heteroatoms. The number of rotatable bonds is 4. The maximum Gasteiger partial charge on any atom is 0.267 e. The maximum atomic E-state index is 12.7. The van der Waals surface area contributed by atoms with Gasteiger partial charge in [0.1, 0.15) is 0 Å². The van der Waals surface area contributed by atoms with E-state index >= 15 is 0 Å². The number of anilines is 1. The van der Waals surface area contributed by atoms with Gasteiger partial charge in [-0.05, 0) is 48.1 Å². The quantitative estimate of drug-likeness (QED) is 0.456. The summed E-state index contributed by atoms with van der Waals surface area (Å²) in [5, 5.41) is 11.5. The predicted molar refractivity (Wildman–Crippen MR) is 96.0 cm³/mol. The van der Waals surface area contributed by atoms with E-state index in [4.69, 9.17) is 5.21 Å². The maximum absolute atomic E-state index is 12.7. The molecule has 25 heavy (non-hydrogen) atoms. The van der Waals surface area contributed by atoms with Gasteiger partial charge in [-0.3, -0.25) is 14.8 Å². The molecule has 0 saturated heterocycles. The monoisotopic (exact) mass is 336 g/mol. The van der Waals surface area contributed by atoms with Gasteiger partial charge < -0.3 is 5.32 Å². The van der Waals surface area contributed by atoms with E-state index < -0.39 is 5.91 Å². The highest BCUT2D eigenvalue weighted by Gasteiger charge is 2.24. The Balaban J connectivity index is 1.72. The fourth-order valence-corrected chi connectivity index (χ4v) is 3.12. The van der Waals surface area contributed by atoms with Crippen molar-refractivity contribution in [1.82, 2.24) is 5.48 Å². The Morgan fingerprint density at radius 3 is 2.56 bits per heavy atom. The third-order valence-corrected chi connectivity index (χ3v) is 4.46. The zero-order valence-corrected chi connectivity index (χ0v) is 13.7. The van der Waals surface area contributed by atoms with Gasteiger partial charge in [0.2, 0.25) is 5.91 Å². The van der Waals surface area contributed by atoms with Crippen molar-refractivity contribution < 1.29 is 14.8 Å². The third-order valence-electron chi connectivity index (χ3n) is 4.46. The Morgan fingerprint density at radius 2 is 1.76 bits per heavy atom. The summed E-state index contributed by atoms with van der Waals surface area (Å²) < 4.78 is 0. The minimum absolute atomic E-state index is 0.0121. The largest absolute Gasteiger partial charge is 0.325 e. The third kappa shape index (κ3) is 4.14. The van der Waals surface area contributed by atoms with Crippen molar-refractivity contribution in [3.05, 3.63) is 71.3 Å². The van der Waals surface area contributed by atoms with Gasteiger partial charge in [-0.15, -0.1) is 0 Å². The minimum Gasteiger partial charge on any atom is -0.325 e. The minimum atomic E-state index is -0.620. The average Bonchev–Trinajstić information content (AvgIpc) is 2.66. The molecule has 2 aromatic carbocycles. The number of nitrogens with one attached hydrogen (secondary N) is 2. The first-order chi connectivity index (χ1) is 12.2. The molecule has 0 saturated carbocycles. The van der Waals surface area contributed by atoms with Crippen molar-refractivity contribution in [2.75, 3.05) is 5.32 Å². The fourth-order valence-electron chi connectivity index (χ4n) is 3.12. The fraction of sp³-hybridized carbons (Fsp3) is 0.200. The molecule has 0 fully saturated rings. The summed E-state index contributed by atoms with van der Waals surface area (Å²) in [6.45, 7) is 0. The normalized spacial score (nSPS) is 16.3. The summed E-state index contributed by atoms with van der Waals surface area (Å²) in [4.78, 5) is 23.8. The van der Waals surface area contributed by atoms with Crippen molar-refractivity contribution in [2.24, 2.45) is 5.92 Å². The van der Waals surface area contributed by atoms with Crippen LogP contribution in [0.2, 0.25) is 0 Å². The van der Waals surface area contributed by atoms with Crippen LogP contribution in [-0.2, 0) is 22.4 Å². The summed E-state index contributed by atoms with van der Waals surface area (Å²) in [5.74, 6) is -0.695. The zero-order valence-electron chi connectivity index (χ0n) is 13.7. The highest BCUT2D eigenvalue weighted by molar-refractivity contribution is 5.96. The molecular formula is C20H20N2O3. The lowest BCUT2D eigenvalue weighted by Crippen LogP contribution is -2.28. The molecule has 2 aromatic rings. The van der Waals surface area contributed by atoms with Gasteiger partial charge in [-0.1, -0.05) is 42.5 Å². The van der Waals surface area contributed by atoms with Crippen LogP contribution >= 0.6 is 0 Å². The molecule has 3 rings (SSSR count). The first-order valence-corrected chi connectivity index (χ1v) is 8.26. The number of hydrogen-bond donors (Lipinski definition) is 3. The van der Waals surface area contributed by atoms with Gasteiger partial charge in [0.25, 0.3) is 5.91 Å². The number of amides is 2. The van der Waals surface area contributed by atoms with Gasteiger partial charge in [0, 0.05) is 17.7 Å². The number of para-hydroxylation sites is 1. The van der Waals surface area contributed by atoms with Crippen LogP contribution in [0.25, 0.3) is 6.08 Å². The van der Waals surface area contributed by atoms with Crippen molar-refractivity contribution in [3.63, 3.8) is 0 Å². The van der Waals surface area contributed by atoms with Crippen LogP contribution < -0.4 is 10.8 Å². The van der Waals surface area contributed by atoms with E-state index in [1.807, 2.05) is 24.3 Å². The molecule has 0 radical (unpaired) electrons. The number of fused-ring (bicyclic) bond motifs is 1. The number of carbonyl (C=O) groups excluding carboxylic acids is 2. The molecule has 0 aromatic heterocycles. The number of hydrogen-bond acceptors (Lipinski definition) is 3. The first kappa shape index (κ1) is 16.9. The van der Waals surface area contributed by atoms with Crippen LogP contribution in [0.15, 0.2) is 54.6 Å². The molecule has 128 valence electrons. The van der Waals surface area contributed by atoms with E-state index in [-0.39, 0.29) is 11.8 Å². The number of benzene rings is 2. The summed E-state index contributed by atoms with van der Waals surface area (Å²) >= 11 is 0. The molecule has 0 spiro atoms. The van der Waals surface area contributed by atoms with E-state index in [1.54, 1.807) is 23.7 Å². The van der Waals surface area contributed by atoms with Crippen LogP contribution in [0.3, 0.4) is 0 Å². The van der Waals surface area contributed by atoms with E-state index in [2.05, 4.69) is 17.4 Å². The molecule has 5 nitrogen and oxygen atoms in total. The molecule has 1 atom stereocenters. The van der Waals surface area contributed by atoms with Gasteiger partial charge in [0.05, 0.1) is 0 Å². The molecule has 2 amide bonds. The molecule has 1 unspecified atom stereocenters. The SMILES string of the molecule is O=C(C=Cc1ccccc1NC(=O)C1CCc2ccccc2C1)NO. The zero-order chi connectivity index (χ0) is 17.6. The highest BCUT2D eigenvalue weighted by Crippen LogP contribution is 2.27. The summed E-state index contributed by atoms with van der Waals surface area (Å²) in [6.07, 6.45) is 5.24. The molecule has 1 aliphatic rings. The molecule has 1 aliphatic carbocycles. The van der Waals surface area contributed by atoms with Gasteiger partial charge in [-0.2, -0.15) is 0 Å². The lowest BCUT2D eigenvalue weighted by molar-refractivity contribution is -0.124. The lowest BCUT2D eigenvalue weighted by atomic mass is 9.83. The second-order valence-corrected chi connectivity index (χ2v) is 6.09. The molecule has 0 heterocycles. The van der Waals surface area contributed by atoms with Crippen molar-refractivity contribution in [3.8, 4) is 0 Å². The number of carbonyl (C=O) groups is 2. The molecule has 0 aliphatic heterocycles. The van der Waals surface area contributed by atoms with Crippen LogP contribution in [0.4, 0.5) is 5.69 Å². The van der Waals surface area contributed by atoms with Gasteiger partial charge in [0.15, 0.2) is 0 Å². The van der Waals surface area contributed by atoms with Crippen molar-refractivity contribution >= 4 is 23.6 Å². The lowest BCUT2D eigenvalue weighted by Gasteiger charge is -2.24. The smallest absolute Gasteiger partial charge is 0.267 e. The Kier molecular flexibility index (Phi) is 5.26. The van der Waals surface area contributed by atoms with Crippen LogP contribution in [0.1, 0.15) is 23.1 Å². The second kappa shape index (κ2) is 7.77. The Morgan fingerprint density at radius 1 is 1.04 bits per heavy atom. The number of aryl methyl sites for hydroxylation is 1. The van der Waals surface area contributed by atoms with E-state index in [0.29, 0.717) is 11.3 Å². The molecule has 0 bridgehead atoms. The van der Waals surface area contributed by atoms with Crippen LogP contribution in [0, 0.1) is 5.92 Å². The Bertz CT molecular complexity index is 814. The Labute approximate surface area is 146 Å². The summed E-state index contributed by atoms with van der Waals surface area (Å²) in [5.41, 5.74) is 5.46. The van der Waals surface area contributed by atoms with Crippen LogP contribution in [-0.4, -0.2) is 17.0 Å². The molecular weight excluding hydrogens is 316 g/mol. The first-order valence-electron chi connectivity index (χ1n) is 8.26. The van der Waals surface area contributed by atoms with Gasteiger partial charge >= 0.3 is 0 Å². The second-order valence-electron chi connectivity index (χ2n) is 6.09. The molecule has 3 N–H and O–H groups in total. The van der Waals surface area contributed by atoms with Crippen LogP contribution in [0.5, 0.6) is 0 Å². The average molecular weight is 336 g/mol. The Hall–Kier alpha value is -2.92. The van der Waals surface area contributed by atoms with E-state index in [0.717, 1.165) is 19.3 Å². The predicted octanol–water partition coefficient (Wildman–Crippen LogP) is 2.95. The summed E-state index contributed by atoms with van der Waals surface area (Å²) in [7, 11) is 0. The number of hydroxylamine groups is 1. The van der Waals surface area contributed by atoms with Crippen molar-refractivity contribution in [1.29, 1.82) is 0 Å². The van der Waals surface area contributed by atoms with Crippen molar-refractivity contribution in [2.45, 2.75) is 19.3 Å². The topological polar surface area (TPSA) is 78.4 Å². The van der Waals surface area contributed by atoms with E-state index in [1.165, 1.54) is 17.2 Å².